The van der Waals surface area contributed by atoms with Crippen molar-refractivity contribution in [3.05, 3.63) is 21.8 Å². The van der Waals surface area contributed by atoms with Gasteiger partial charge in [0.2, 0.25) is 5.91 Å². The van der Waals surface area contributed by atoms with Gasteiger partial charge in [0.05, 0.1) is 16.3 Å². The van der Waals surface area contributed by atoms with Gasteiger partial charge >= 0.3 is 0 Å². The fraction of sp³-hybridized carbons (Fsp3) is 0.650. The molecule has 3 aliphatic rings. The van der Waals surface area contributed by atoms with Gasteiger partial charge in [-0.3, -0.25) is 9.59 Å². The van der Waals surface area contributed by atoms with E-state index in [0.717, 1.165) is 36.6 Å². The number of aryl methyl sites for hydroxylation is 1. The summed E-state index contributed by atoms with van der Waals surface area (Å²) in [4.78, 5) is 31.7. The van der Waals surface area contributed by atoms with Gasteiger partial charge in [0.1, 0.15) is 5.82 Å². The Morgan fingerprint density at radius 1 is 1.26 bits per heavy atom. The third-order valence-electron chi connectivity index (χ3n) is 6.41. The van der Waals surface area contributed by atoms with Crippen LogP contribution in [0.2, 0.25) is 5.02 Å². The lowest BCUT2D eigenvalue weighted by atomic mass is 9.93. The zero-order valence-electron chi connectivity index (χ0n) is 16.0. The number of hydrogen-bond acceptors (Lipinski definition) is 4. The number of nitrogens with zero attached hydrogens (tertiary/aromatic N) is 2. The predicted octanol–water partition coefficient (Wildman–Crippen LogP) is 2.74. The molecule has 0 bridgehead atoms. The summed E-state index contributed by atoms with van der Waals surface area (Å²) in [6, 6.07) is -0.144. The molecule has 1 aromatic heterocycles. The zero-order chi connectivity index (χ0) is 19.2. The van der Waals surface area contributed by atoms with E-state index in [4.69, 9.17) is 16.6 Å². The van der Waals surface area contributed by atoms with Crippen molar-refractivity contribution in [3.8, 4) is 0 Å². The number of anilines is 1. The van der Waals surface area contributed by atoms with E-state index in [-0.39, 0.29) is 17.9 Å². The highest BCUT2D eigenvalue weighted by Gasteiger charge is 2.45. The average molecular weight is 391 g/mol. The number of hydrogen-bond donors (Lipinski definition) is 2. The molecule has 27 heavy (non-hydrogen) atoms. The van der Waals surface area contributed by atoms with E-state index in [1.165, 1.54) is 25.7 Å². The molecular weight excluding hydrogens is 364 g/mol. The van der Waals surface area contributed by atoms with Crippen molar-refractivity contribution in [1.29, 1.82) is 0 Å². The van der Waals surface area contributed by atoms with E-state index < -0.39 is 0 Å². The Hall–Kier alpha value is -1.82. The largest absolute Gasteiger partial charge is 0.356 e. The van der Waals surface area contributed by atoms with E-state index >= 15 is 0 Å². The summed E-state index contributed by atoms with van der Waals surface area (Å²) in [6.45, 7) is 6.23. The van der Waals surface area contributed by atoms with Crippen LogP contribution < -0.4 is 15.5 Å². The van der Waals surface area contributed by atoms with E-state index in [1.54, 1.807) is 0 Å². The van der Waals surface area contributed by atoms with Gasteiger partial charge in [-0.15, -0.1) is 0 Å². The number of rotatable bonds is 3. The lowest BCUT2D eigenvalue weighted by molar-refractivity contribution is -0.122. The minimum absolute atomic E-state index is 0.0191. The number of amides is 2. The maximum absolute atomic E-state index is 13.1. The summed E-state index contributed by atoms with van der Waals surface area (Å²) in [6.07, 6.45) is 6.07. The summed E-state index contributed by atoms with van der Waals surface area (Å²) in [5.74, 6) is 0.542. The van der Waals surface area contributed by atoms with Gasteiger partial charge in [0.25, 0.3) is 5.91 Å². The Labute approximate surface area is 165 Å². The molecule has 1 atom stereocenters. The molecule has 1 aliphatic carbocycles. The average Bonchev–Trinajstić information content (AvgIpc) is 3.39. The normalized spacial score (nSPS) is 23.9. The molecule has 1 unspecified atom stereocenters. The smallest absolute Gasteiger partial charge is 0.255 e. The van der Waals surface area contributed by atoms with Crippen LogP contribution in [-0.4, -0.2) is 42.5 Å². The molecule has 7 heteroatoms. The topological polar surface area (TPSA) is 74.3 Å². The molecule has 2 saturated heterocycles. The molecule has 4 rings (SSSR count). The lowest BCUT2D eigenvalue weighted by Gasteiger charge is -2.35. The van der Waals surface area contributed by atoms with Crippen LogP contribution in [0.25, 0.3) is 0 Å². The second-order valence-electron chi connectivity index (χ2n) is 8.33. The van der Waals surface area contributed by atoms with E-state index in [2.05, 4.69) is 15.5 Å². The first-order valence-corrected chi connectivity index (χ1v) is 10.3. The minimum Gasteiger partial charge on any atom is -0.356 e. The maximum atomic E-state index is 13.1. The van der Waals surface area contributed by atoms with Crippen molar-refractivity contribution in [1.82, 2.24) is 15.6 Å². The molecule has 146 valence electrons. The molecule has 3 heterocycles. The first-order valence-electron chi connectivity index (χ1n) is 9.88. The van der Waals surface area contributed by atoms with Crippen molar-refractivity contribution in [2.24, 2.45) is 5.41 Å². The summed E-state index contributed by atoms with van der Waals surface area (Å²) in [5.41, 5.74) is 2.64. The number of aromatic nitrogens is 1. The minimum atomic E-state index is -0.177. The summed E-state index contributed by atoms with van der Waals surface area (Å²) < 4.78 is 0. The van der Waals surface area contributed by atoms with Gasteiger partial charge in [-0.05, 0) is 56.9 Å². The van der Waals surface area contributed by atoms with Gasteiger partial charge in [-0.1, -0.05) is 11.6 Å². The maximum Gasteiger partial charge on any atom is 0.255 e. The number of piperidine rings is 2. The highest BCUT2D eigenvalue weighted by Crippen LogP contribution is 2.54. The Kier molecular flexibility index (Phi) is 4.78. The third kappa shape index (κ3) is 3.64. The zero-order valence-corrected chi connectivity index (χ0v) is 16.8. The van der Waals surface area contributed by atoms with Crippen molar-refractivity contribution >= 4 is 29.2 Å². The van der Waals surface area contributed by atoms with Crippen LogP contribution in [0.3, 0.4) is 0 Å². The predicted molar refractivity (Wildman–Crippen MR) is 105 cm³/mol. The molecule has 0 aromatic carbocycles. The van der Waals surface area contributed by atoms with E-state index in [9.17, 15) is 9.59 Å². The number of pyridine rings is 1. The van der Waals surface area contributed by atoms with Crippen LogP contribution in [0.5, 0.6) is 0 Å². The first-order chi connectivity index (χ1) is 12.9. The lowest BCUT2D eigenvalue weighted by Crippen LogP contribution is -2.46. The number of halogens is 1. The molecule has 2 aliphatic heterocycles. The molecule has 0 radical (unpaired) electrons. The molecule has 3 fully saturated rings. The Morgan fingerprint density at radius 2 is 1.96 bits per heavy atom. The van der Waals surface area contributed by atoms with Crippen molar-refractivity contribution in [3.63, 3.8) is 0 Å². The number of carbonyl (C=O) groups is 2. The third-order valence-corrected chi connectivity index (χ3v) is 6.97. The van der Waals surface area contributed by atoms with Crippen molar-refractivity contribution in [2.75, 3.05) is 24.5 Å². The second-order valence-corrected chi connectivity index (χ2v) is 8.71. The Balaban J connectivity index is 1.60. The van der Waals surface area contributed by atoms with Crippen LogP contribution in [0, 0.1) is 19.3 Å². The SMILES string of the molecule is Cc1nc(N2CCC3(CC2)CC3)c(C(=O)NC2CCNC(=O)C2)c(C)c1Cl. The van der Waals surface area contributed by atoms with Crippen LogP contribution in [0.15, 0.2) is 0 Å². The van der Waals surface area contributed by atoms with Crippen LogP contribution in [-0.2, 0) is 4.79 Å². The fourth-order valence-corrected chi connectivity index (χ4v) is 4.48. The quantitative estimate of drug-likeness (QED) is 0.832. The number of nitrogens with one attached hydrogen (secondary N) is 2. The van der Waals surface area contributed by atoms with Gasteiger partial charge in [0.15, 0.2) is 0 Å². The van der Waals surface area contributed by atoms with E-state index in [1.807, 2.05) is 13.8 Å². The van der Waals surface area contributed by atoms with Crippen LogP contribution in [0.4, 0.5) is 5.82 Å². The van der Waals surface area contributed by atoms with E-state index in [0.29, 0.717) is 29.0 Å². The van der Waals surface area contributed by atoms with Crippen LogP contribution in [0.1, 0.15) is 60.1 Å². The summed E-state index contributed by atoms with van der Waals surface area (Å²) in [5, 5.41) is 6.38. The van der Waals surface area contributed by atoms with Gasteiger partial charge in [0, 0.05) is 32.1 Å². The Bertz CT molecular complexity index is 781. The summed E-state index contributed by atoms with van der Waals surface area (Å²) in [7, 11) is 0. The fourth-order valence-electron chi connectivity index (χ4n) is 4.35. The van der Waals surface area contributed by atoms with Gasteiger partial charge in [-0.25, -0.2) is 4.98 Å². The van der Waals surface area contributed by atoms with Gasteiger partial charge in [-0.2, -0.15) is 0 Å². The molecule has 2 amide bonds. The van der Waals surface area contributed by atoms with Crippen molar-refractivity contribution < 1.29 is 9.59 Å². The highest BCUT2D eigenvalue weighted by molar-refractivity contribution is 6.32. The second kappa shape index (κ2) is 6.97. The van der Waals surface area contributed by atoms with Crippen molar-refractivity contribution in [2.45, 2.75) is 58.4 Å². The monoisotopic (exact) mass is 390 g/mol. The molecule has 1 spiro atoms. The van der Waals surface area contributed by atoms with Crippen LogP contribution >= 0.6 is 11.6 Å². The standard InChI is InChI=1S/C20H27ClN4O2/c1-12-16(19(27)24-14-3-8-22-15(26)11-14)18(23-13(2)17(12)21)25-9-6-20(4-5-20)7-10-25/h14H,3-11H2,1-2H3,(H,22,26)(H,24,27). The highest BCUT2D eigenvalue weighted by atomic mass is 35.5. The Morgan fingerprint density at radius 3 is 2.59 bits per heavy atom. The van der Waals surface area contributed by atoms with Gasteiger partial charge < -0.3 is 15.5 Å². The first kappa shape index (κ1) is 18.5. The molecule has 1 saturated carbocycles. The molecule has 2 N–H and O–H groups in total. The molecular formula is C20H27ClN4O2. The molecule has 6 nitrogen and oxygen atoms in total. The summed E-state index contributed by atoms with van der Waals surface area (Å²) >= 11 is 6.43. The molecule has 1 aromatic rings. The number of carbonyl (C=O) groups excluding carboxylic acids is 2.